The van der Waals surface area contributed by atoms with Gasteiger partial charge in [-0.3, -0.25) is 9.59 Å². The number of nitrogens with one attached hydrogen (secondary N) is 1. The van der Waals surface area contributed by atoms with Gasteiger partial charge in [-0.1, -0.05) is 30.3 Å². The van der Waals surface area contributed by atoms with Gasteiger partial charge < -0.3 is 10.2 Å². The van der Waals surface area contributed by atoms with Crippen molar-refractivity contribution in [1.29, 1.82) is 0 Å². The molecule has 0 fully saturated rings. The van der Waals surface area contributed by atoms with Crippen LogP contribution in [0.25, 0.3) is 0 Å². The number of hydrogen-bond acceptors (Lipinski definition) is 2. The zero-order valence-electron chi connectivity index (χ0n) is 14.8. The molecule has 0 saturated heterocycles. The van der Waals surface area contributed by atoms with E-state index in [0.29, 0.717) is 5.56 Å². The molecular formula is C20H23FN2O2. The Kier molecular flexibility index (Phi) is 6.28. The molecule has 0 saturated carbocycles. The first-order valence-corrected chi connectivity index (χ1v) is 8.24. The zero-order valence-corrected chi connectivity index (χ0v) is 14.8. The number of benzene rings is 2. The molecule has 0 spiro atoms. The largest absolute Gasteiger partial charge is 0.352 e. The first kappa shape index (κ1) is 18.6. The first-order valence-electron chi connectivity index (χ1n) is 8.24. The van der Waals surface area contributed by atoms with Crippen molar-refractivity contribution in [2.75, 3.05) is 11.4 Å². The molecule has 1 N–H and O–H groups in total. The Labute approximate surface area is 147 Å². The summed E-state index contributed by atoms with van der Waals surface area (Å²) in [5.41, 5.74) is 3.36. The van der Waals surface area contributed by atoms with Crippen molar-refractivity contribution in [3.8, 4) is 0 Å². The molecule has 5 heteroatoms. The van der Waals surface area contributed by atoms with Crippen LogP contribution in [0.4, 0.5) is 10.1 Å². The Morgan fingerprint density at radius 3 is 2.48 bits per heavy atom. The Hall–Kier alpha value is -2.69. The fraction of sp³-hybridized carbons (Fsp3) is 0.300. The second-order valence-corrected chi connectivity index (χ2v) is 6.01. The van der Waals surface area contributed by atoms with E-state index in [1.807, 2.05) is 32.0 Å². The van der Waals surface area contributed by atoms with Crippen LogP contribution in [0, 0.1) is 19.7 Å². The Bertz CT molecular complexity index is 774. The van der Waals surface area contributed by atoms with Crippen LogP contribution in [0.2, 0.25) is 0 Å². The number of halogens is 1. The summed E-state index contributed by atoms with van der Waals surface area (Å²) in [5, 5.41) is 2.69. The summed E-state index contributed by atoms with van der Waals surface area (Å²) in [7, 11) is 0. The molecule has 0 aliphatic heterocycles. The number of amides is 2. The molecule has 0 atom stereocenters. The average molecular weight is 342 g/mol. The number of hydrogen-bond donors (Lipinski definition) is 1. The molecule has 0 aliphatic rings. The molecule has 2 rings (SSSR count). The number of aryl methyl sites for hydroxylation is 1. The predicted octanol–water partition coefficient (Wildman–Crippen LogP) is 3.50. The van der Waals surface area contributed by atoms with E-state index in [4.69, 9.17) is 0 Å². The monoisotopic (exact) mass is 342 g/mol. The van der Waals surface area contributed by atoms with Crippen LogP contribution < -0.4 is 10.2 Å². The summed E-state index contributed by atoms with van der Waals surface area (Å²) >= 11 is 0. The van der Waals surface area contributed by atoms with Gasteiger partial charge in [-0.05, 0) is 37.1 Å². The maximum atomic E-state index is 13.6. The van der Waals surface area contributed by atoms with E-state index < -0.39 is 0 Å². The van der Waals surface area contributed by atoms with E-state index in [-0.39, 0.29) is 37.1 Å². The lowest BCUT2D eigenvalue weighted by Gasteiger charge is -2.23. The number of carbonyl (C=O) groups excluding carboxylic acids is 2. The lowest BCUT2D eigenvalue weighted by Crippen LogP contribution is -2.34. The van der Waals surface area contributed by atoms with Crippen LogP contribution in [-0.4, -0.2) is 18.4 Å². The third-order valence-electron chi connectivity index (χ3n) is 4.24. The Balaban J connectivity index is 1.97. The van der Waals surface area contributed by atoms with Gasteiger partial charge in [0.05, 0.1) is 0 Å². The summed E-state index contributed by atoms with van der Waals surface area (Å²) in [4.78, 5) is 25.7. The maximum Gasteiger partial charge on any atom is 0.223 e. The van der Waals surface area contributed by atoms with Crippen molar-refractivity contribution in [1.82, 2.24) is 5.32 Å². The van der Waals surface area contributed by atoms with E-state index in [0.717, 1.165) is 16.8 Å². The Morgan fingerprint density at radius 1 is 1.08 bits per heavy atom. The van der Waals surface area contributed by atoms with Gasteiger partial charge in [0, 0.05) is 37.7 Å². The smallest absolute Gasteiger partial charge is 0.223 e. The summed E-state index contributed by atoms with van der Waals surface area (Å²) in [6.45, 7) is 5.84. The summed E-state index contributed by atoms with van der Waals surface area (Å²) in [6, 6.07) is 12.1. The van der Waals surface area contributed by atoms with E-state index in [9.17, 15) is 14.0 Å². The standard InChI is InChI=1S/C20H23FN2O2/c1-14-7-6-10-19(15(14)2)23(16(3)24)12-11-20(25)22-13-17-8-4-5-9-18(17)21/h4-10H,11-13H2,1-3H3,(H,22,25). The van der Waals surface area contributed by atoms with Gasteiger partial charge in [-0.2, -0.15) is 0 Å². The molecule has 2 aromatic rings. The van der Waals surface area contributed by atoms with Gasteiger partial charge in [0.2, 0.25) is 11.8 Å². The minimum Gasteiger partial charge on any atom is -0.352 e. The third-order valence-corrected chi connectivity index (χ3v) is 4.24. The topological polar surface area (TPSA) is 49.4 Å². The highest BCUT2D eigenvalue weighted by molar-refractivity contribution is 5.93. The van der Waals surface area contributed by atoms with Crippen molar-refractivity contribution in [3.63, 3.8) is 0 Å². The second-order valence-electron chi connectivity index (χ2n) is 6.01. The molecule has 2 aromatic carbocycles. The van der Waals surface area contributed by atoms with Crippen molar-refractivity contribution in [2.45, 2.75) is 33.7 Å². The highest BCUT2D eigenvalue weighted by atomic mass is 19.1. The molecule has 0 radical (unpaired) electrons. The zero-order chi connectivity index (χ0) is 18.4. The molecule has 2 amide bonds. The van der Waals surface area contributed by atoms with Crippen LogP contribution in [0.5, 0.6) is 0 Å². The van der Waals surface area contributed by atoms with Crippen LogP contribution >= 0.6 is 0 Å². The molecule has 0 heterocycles. The Morgan fingerprint density at radius 2 is 1.80 bits per heavy atom. The summed E-state index contributed by atoms with van der Waals surface area (Å²) in [6.07, 6.45) is 0.154. The number of rotatable bonds is 6. The van der Waals surface area contributed by atoms with Crippen LogP contribution in [0.1, 0.15) is 30.0 Å². The highest BCUT2D eigenvalue weighted by Crippen LogP contribution is 2.23. The third kappa shape index (κ3) is 4.89. The second kappa shape index (κ2) is 8.42. The fourth-order valence-corrected chi connectivity index (χ4v) is 2.61. The fourth-order valence-electron chi connectivity index (χ4n) is 2.61. The molecule has 4 nitrogen and oxygen atoms in total. The lowest BCUT2D eigenvalue weighted by molar-refractivity contribution is -0.121. The first-order chi connectivity index (χ1) is 11.9. The van der Waals surface area contributed by atoms with E-state index in [1.54, 1.807) is 23.1 Å². The van der Waals surface area contributed by atoms with Crippen molar-refractivity contribution in [2.24, 2.45) is 0 Å². The maximum absolute atomic E-state index is 13.6. The van der Waals surface area contributed by atoms with Crippen LogP contribution in [-0.2, 0) is 16.1 Å². The molecule has 0 unspecified atom stereocenters. The molecule has 132 valence electrons. The van der Waals surface area contributed by atoms with Crippen LogP contribution in [0.15, 0.2) is 42.5 Å². The molecule has 0 aliphatic carbocycles. The van der Waals surface area contributed by atoms with Gasteiger partial charge in [-0.15, -0.1) is 0 Å². The number of carbonyl (C=O) groups is 2. The average Bonchev–Trinajstić information content (AvgIpc) is 2.57. The van der Waals surface area contributed by atoms with Gasteiger partial charge in [0.25, 0.3) is 0 Å². The SMILES string of the molecule is CC(=O)N(CCC(=O)NCc1ccccc1F)c1cccc(C)c1C. The molecule has 0 aromatic heterocycles. The highest BCUT2D eigenvalue weighted by Gasteiger charge is 2.16. The quantitative estimate of drug-likeness (QED) is 0.873. The van der Waals surface area contributed by atoms with Gasteiger partial charge in [0.15, 0.2) is 0 Å². The van der Waals surface area contributed by atoms with Gasteiger partial charge >= 0.3 is 0 Å². The molecule has 0 bridgehead atoms. The van der Waals surface area contributed by atoms with E-state index in [2.05, 4.69) is 5.32 Å². The van der Waals surface area contributed by atoms with E-state index in [1.165, 1.54) is 13.0 Å². The van der Waals surface area contributed by atoms with Crippen molar-refractivity contribution >= 4 is 17.5 Å². The van der Waals surface area contributed by atoms with Crippen molar-refractivity contribution in [3.05, 3.63) is 65.0 Å². The molecule has 25 heavy (non-hydrogen) atoms. The van der Waals surface area contributed by atoms with Crippen molar-refractivity contribution < 1.29 is 14.0 Å². The van der Waals surface area contributed by atoms with E-state index >= 15 is 0 Å². The minimum absolute atomic E-state index is 0.115. The summed E-state index contributed by atoms with van der Waals surface area (Å²) in [5.74, 6) is -0.682. The predicted molar refractivity (Wildman–Crippen MR) is 96.8 cm³/mol. The lowest BCUT2D eigenvalue weighted by atomic mass is 10.1. The number of nitrogens with zero attached hydrogens (tertiary/aromatic N) is 1. The van der Waals surface area contributed by atoms with Gasteiger partial charge in [-0.25, -0.2) is 4.39 Å². The summed E-state index contributed by atoms with van der Waals surface area (Å²) < 4.78 is 13.6. The number of anilines is 1. The van der Waals surface area contributed by atoms with Gasteiger partial charge in [0.1, 0.15) is 5.82 Å². The normalized spacial score (nSPS) is 10.4. The minimum atomic E-state index is -0.344. The molecular weight excluding hydrogens is 319 g/mol. The van der Waals surface area contributed by atoms with Crippen LogP contribution in [0.3, 0.4) is 0 Å².